The molecule has 1 aliphatic rings. The summed E-state index contributed by atoms with van der Waals surface area (Å²) in [6.45, 7) is 3.77. The summed E-state index contributed by atoms with van der Waals surface area (Å²) in [6.07, 6.45) is 0.278. The Morgan fingerprint density at radius 2 is 2.00 bits per heavy atom. The lowest BCUT2D eigenvalue weighted by Crippen LogP contribution is -2.57. The third kappa shape index (κ3) is 4.54. The Kier molecular flexibility index (Phi) is 5.30. The zero-order valence-electron chi connectivity index (χ0n) is 12.3. The molecule has 1 aliphatic heterocycles. The maximum atomic E-state index is 12.1. The molecule has 1 unspecified atom stereocenters. The number of carbonyl (C=O) groups is 2. The molecule has 0 aromatic heterocycles. The van der Waals surface area contributed by atoms with Crippen molar-refractivity contribution >= 4 is 11.8 Å². The van der Waals surface area contributed by atoms with E-state index < -0.39 is 0 Å². The third-order valence-electron chi connectivity index (χ3n) is 3.67. The van der Waals surface area contributed by atoms with Crippen LogP contribution in [0.2, 0.25) is 0 Å². The van der Waals surface area contributed by atoms with E-state index in [1.807, 2.05) is 30.3 Å². The van der Waals surface area contributed by atoms with Gasteiger partial charge in [-0.25, -0.2) is 5.01 Å². The fourth-order valence-corrected chi connectivity index (χ4v) is 2.55. The number of piperazine rings is 1. The van der Waals surface area contributed by atoms with Crippen molar-refractivity contribution in [1.29, 1.82) is 0 Å². The minimum absolute atomic E-state index is 0.0102. The largest absolute Gasteiger partial charge is 0.352 e. The molecule has 1 aromatic rings. The molecule has 0 aliphatic carbocycles. The topological polar surface area (TPSA) is 78.7 Å². The van der Waals surface area contributed by atoms with E-state index in [0.717, 1.165) is 5.56 Å². The van der Waals surface area contributed by atoms with Gasteiger partial charge < -0.3 is 10.2 Å². The van der Waals surface area contributed by atoms with Crippen molar-refractivity contribution in [2.24, 2.45) is 5.84 Å². The number of rotatable bonds is 4. The van der Waals surface area contributed by atoms with Gasteiger partial charge in [-0.1, -0.05) is 30.3 Å². The van der Waals surface area contributed by atoms with Crippen LogP contribution in [0.4, 0.5) is 0 Å². The molecule has 0 saturated carbocycles. The number of nitrogens with zero attached hydrogens (tertiary/aromatic N) is 2. The van der Waals surface area contributed by atoms with Gasteiger partial charge in [-0.3, -0.25) is 15.4 Å². The van der Waals surface area contributed by atoms with Crippen LogP contribution in [0.5, 0.6) is 0 Å². The minimum Gasteiger partial charge on any atom is -0.352 e. The Bertz CT molecular complexity index is 492. The van der Waals surface area contributed by atoms with Gasteiger partial charge in [0.25, 0.3) is 0 Å². The molecule has 1 aromatic carbocycles. The lowest BCUT2D eigenvalue weighted by Gasteiger charge is -2.38. The number of hydrogen-bond donors (Lipinski definition) is 2. The first-order chi connectivity index (χ1) is 10.1. The molecule has 6 heteroatoms. The maximum Gasteiger partial charge on any atom is 0.222 e. The summed E-state index contributed by atoms with van der Waals surface area (Å²) in [5.74, 6) is 5.72. The van der Waals surface area contributed by atoms with Gasteiger partial charge in [-0.15, -0.1) is 0 Å². The molecule has 114 valence electrons. The Morgan fingerprint density at radius 1 is 1.29 bits per heavy atom. The second-order valence-corrected chi connectivity index (χ2v) is 5.33. The molecular formula is C15H22N4O2. The molecule has 0 bridgehead atoms. The lowest BCUT2D eigenvalue weighted by molar-refractivity contribution is -0.135. The van der Waals surface area contributed by atoms with E-state index in [1.54, 1.807) is 9.91 Å². The van der Waals surface area contributed by atoms with Crippen LogP contribution in [0.25, 0.3) is 0 Å². The van der Waals surface area contributed by atoms with Gasteiger partial charge in [-0.05, 0) is 5.56 Å². The quantitative estimate of drug-likeness (QED) is 0.771. The van der Waals surface area contributed by atoms with Gasteiger partial charge in [0.05, 0.1) is 6.04 Å². The smallest absolute Gasteiger partial charge is 0.222 e. The molecule has 1 saturated heterocycles. The van der Waals surface area contributed by atoms with Crippen molar-refractivity contribution < 1.29 is 9.59 Å². The summed E-state index contributed by atoms with van der Waals surface area (Å²) in [4.78, 5) is 25.4. The normalized spacial score (nSPS) is 19.3. The molecule has 2 rings (SSSR count). The lowest BCUT2D eigenvalue weighted by atomic mass is 10.1. The summed E-state index contributed by atoms with van der Waals surface area (Å²) in [5.41, 5.74) is 1.05. The molecule has 1 fully saturated rings. The molecule has 1 atom stereocenters. The summed E-state index contributed by atoms with van der Waals surface area (Å²) >= 11 is 0. The highest BCUT2D eigenvalue weighted by Crippen LogP contribution is 2.11. The van der Waals surface area contributed by atoms with Crippen LogP contribution in [0.3, 0.4) is 0 Å². The van der Waals surface area contributed by atoms with Crippen LogP contribution >= 0.6 is 0 Å². The van der Waals surface area contributed by atoms with E-state index in [-0.39, 0.29) is 24.3 Å². The van der Waals surface area contributed by atoms with Crippen molar-refractivity contribution in [3.63, 3.8) is 0 Å². The number of amides is 2. The average molecular weight is 290 g/mol. The molecule has 1 heterocycles. The molecule has 2 amide bonds. The number of hydrogen-bond acceptors (Lipinski definition) is 4. The van der Waals surface area contributed by atoms with Gasteiger partial charge >= 0.3 is 0 Å². The van der Waals surface area contributed by atoms with Gasteiger partial charge in [-0.2, -0.15) is 0 Å². The molecule has 0 spiro atoms. The Balaban J connectivity index is 1.86. The third-order valence-corrected chi connectivity index (χ3v) is 3.67. The maximum absolute atomic E-state index is 12.1. The number of benzene rings is 1. The van der Waals surface area contributed by atoms with Crippen molar-refractivity contribution in [3.8, 4) is 0 Å². The van der Waals surface area contributed by atoms with Crippen LogP contribution in [-0.4, -0.2) is 47.4 Å². The monoisotopic (exact) mass is 290 g/mol. The van der Waals surface area contributed by atoms with Gasteiger partial charge in [0.15, 0.2) is 0 Å². The van der Waals surface area contributed by atoms with Crippen molar-refractivity contribution in [1.82, 2.24) is 15.2 Å². The Hall–Kier alpha value is -1.92. The second-order valence-electron chi connectivity index (χ2n) is 5.33. The predicted molar refractivity (Wildman–Crippen MR) is 79.8 cm³/mol. The Labute approximate surface area is 124 Å². The zero-order chi connectivity index (χ0) is 15.2. The summed E-state index contributed by atoms with van der Waals surface area (Å²) < 4.78 is 0. The van der Waals surface area contributed by atoms with Crippen LogP contribution in [-0.2, 0) is 16.1 Å². The van der Waals surface area contributed by atoms with Crippen molar-refractivity contribution in [2.45, 2.75) is 25.9 Å². The molecular weight excluding hydrogens is 268 g/mol. The summed E-state index contributed by atoms with van der Waals surface area (Å²) in [6, 6.07) is 9.58. The number of carbonyl (C=O) groups excluding carboxylic acids is 2. The summed E-state index contributed by atoms with van der Waals surface area (Å²) in [5, 5.41) is 4.55. The van der Waals surface area contributed by atoms with Gasteiger partial charge in [0.2, 0.25) is 11.8 Å². The number of nitrogens with two attached hydrogens (primary N) is 1. The van der Waals surface area contributed by atoms with E-state index in [4.69, 9.17) is 5.84 Å². The van der Waals surface area contributed by atoms with E-state index in [2.05, 4.69) is 5.32 Å². The van der Waals surface area contributed by atoms with Crippen molar-refractivity contribution in [2.75, 3.05) is 19.6 Å². The Morgan fingerprint density at radius 3 is 2.67 bits per heavy atom. The van der Waals surface area contributed by atoms with Gasteiger partial charge in [0.1, 0.15) is 0 Å². The molecule has 0 radical (unpaired) electrons. The van der Waals surface area contributed by atoms with Crippen LogP contribution < -0.4 is 11.2 Å². The van der Waals surface area contributed by atoms with Crippen molar-refractivity contribution in [3.05, 3.63) is 35.9 Å². The van der Waals surface area contributed by atoms with Crippen LogP contribution in [0.1, 0.15) is 18.9 Å². The number of nitrogens with one attached hydrogen (secondary N) is 1. The molecule has 21 heavy (non-hydrogen) atoms. The van der Waals surface area contributed by atoms with E-state index >= 15 is 0 Å². The highest BCUT2D eigenvalue weighted by atomic mass is 16.2. The predicted octanol–water partition coefficient (Wildman–Crippen LogP) is 0.0993. The first-order valence-electron chi connectivity index (χ1n) is 7.13. The van der Waals surface area contributed by atoms with E-state index in [1.165, 1.54) is 6.92 Å². The zero-order valence-corrected chi connectivity index (χ0v) is 12.3. The van der Waals surface area contributed by atoms with Crippen LogP contribution in [0, 0.1) is 0 Å². The van der Waals surface area contributed by atoms with Gasteiger partial charge in [0, 0.05) is 39.5 Å². The van der Waals surface area contributed by atoms with Crippen LogP contribution in [0.15, 0.2) is 30.3 Å². The fourth-order valence-electron chi connectivity index (χ4n) is 2.55. The second kappa shape index (κ2) is 7.19. The fraction of sp³-hybridized carbons (Fsp3) is 0.467. The highest BCUT2D eigenvalue weighted by molar-refractivity contribution is 5.79. The van der Waals surface area contributed by atoms with E-state index in [0.29, 0.717) is 26.2 Å². The average Bonchev–Trinajstić information content (AvgIpc) is 2.46. The van der Waals surface area contributed by atoms with E-state index in [9.17, 15) is 9.59 Å². The standard InChI is InChI=1S/C15H22N4O2/c1-12(20)19-8-7-18(16)11-14(19)9-15(21)17-10-13-5-3-2-4-6-13/h2-6,14H,7-11,16H2,1H3,(H,17,21). The SMILES string of the molecule is CC(=O)N1CCN(N)CC1CC(=O)NCc1ccccc1. The molecule has 3 N–H and O–H groups in total. The first kappa shape index (κ1) is 15.5. The highest BCUT2D eigenvalue weighted by Gasteiger charge is 2.29. The first-order valence-corrected chi connectivity index (χ1v) is 7.13. The summed E-state index contributed by atoms with van der Waals surface area (Å²) in [7, 11) is 0. The minimum atomic E-state index is -0.156. The number of hydrazine groups is 1. The molecule has 6 nitrogen and oxygen atoms in total.